The summed E-state index contributed by atoms with van der Waals surface area (Å²) in [5, 5.41) is 0. The van der Waals surface area contributed by atoms with Gasteiger partial charge in [0.05, 0.1) is 0 Å². The van der Waals surface area contributed by atoms with Crippen LogP contribution < -0.4 is 0 Å². The Labute approximate surface area is 108 Å². The standard InChI is InChI=1S/C17H30/c1-8-11(2)13-14(4,5)16(7)15(6)10-17(13,16)9-12(15)3/h11-13H,8-10H2,1-7H3. The number of hydrogen-bond acceptors (Lipinski definition) is 0. The summed E-state index contributed by atoms with van der Waals surface area (Å²) in [5.41, 5.74) is 2.54. The van der Waals surface area contributed by atoms with Crippen molar-refractivity contribution in [3.05, 3.63) is 0 Å². The monoisotopic (exact) mass is 234 g/mol. The molecular formula is C17H30. The minimum absolute atomic E-state index is 0.556. The van der Waals surface area contributed by atoms with E-state index in [1.165, 1.54) is 19.3 Å². The lowest BCUT2D eigenvalue weighted by Gasteiger charge is -2.84. The van der Waals surface area contributed by atoms with Crippen LogP contribution in [0, 0.1) is 39.4 Å². The van der Waals surface area contributed by atoms with Gasteiger partial charge in [-0.15, -0.1) is 0 Å². The van der Waals surface area contributed by atoms with Gasteiger partial charge in [-0.25, -0.2) is 0 Å². The first kappa shape index (κ1) is 12.1. The first-order valence-corrected chi connectivity index (χ1v) is 7.69. The van der Waals surface area contributed by atoms with Crippen molar-refractivity contribution >= 4 is 0 Å². The lowest BCUT2D eigenvalue weighted by Crippen LogP contribution is -2.79. The molecule has 6 atom stereocenters. The quantitative estimate of drug-likeness (QED) is 0.621. The zero-order chi connectivity index (χ0) is 12.9. The maximum atomic E-state index is 2.62. The second-order valence-electron chi connectivity index (χ2n) is 8.57. The van der Waals surface area contributed by atoms with Gasteiger partial charge in [-0.05, 0) is 52.3 Å². The minimum atomic E-state index is 0.556. The highest BCUT2D eigenvalue weighted by Gasteiger charge is 2.90. The third kappa shape index (κ3) is 0.816. The molecule has 0 aromatic heterocycles. The molecule has 0 heteroatoms. The second-order valence-corrected chi connectivity index (χ2v) is 8.57. The lowest BCUT2D eigenvalue weighted by molar-refractivity contribution is -0.372. The normalized spacial score (nSPS) is 60.2. The maximum absolute atomic E-state index is 2.62. The summed E-state index contributed by atoms with van der Waals surface area (Å²) in [7, 11) is 0. The highest BCUT2D eigenvalue weighted by molar-refractivity contribution is 5.37. The van der Waals surface area contributed by atoms with Crippen molar-refractivity contribution in [3.8, 4) is 0 Å². The van der Waals surface area contributed by atoms with Crippen LogP contribution >= 0.6 is 0 Å². The van der Waals surface area contributed by atoms with Crippen molar-refractivity contribution in [3.63, 3.8) is 0 Å². The van der Waals surface area contributed by atoms with Gasteiger partial charge in [0.15, 0.2) is 0 Å². The van der Waals surface area contributed by atoms with Crippen molar-refractivity contribution in [1.29, 1.82) is 0 Å². The highest BCUT2D eigenvalue weighted by atomic mass is 14.9. The fourth-order valence-corrected chi connectivity index (χ4v) is 7.53. The van der Waals surface area contributed by atoms with E-state index >= 15 is 0 Å². The van der Waals surface area contributed by atoms with Crippen LogP contribution in [0.25, 0.3) is 0 Å². The summed E-state index contributed by atoms with van der Waals surface area (Å²) in [4.78, 5) is 0. The molecule has 4 aliphatic rings. The first-order valence-electron chi connectivity index (χ1n) is 7.69. The van der Waals surface area contributed by atoms with E-state index in [-0.39, 0.29) is 0 Å². The third-order valence-corrected chi connectivity index (χ3v) is 8.45. The average Bonchev–Trinajstić information content (AvgIpc) is 2.59. The van der Waals surface area contributed by atoms with Gasteiger partial charge in [-0.2, -0.15) is 0 Å². The van der Waals surface area contributed by atoms with Crippen molar-refractivity contribution in [2.75, 3.05) is 0 Å². The van der Waals surface area contributed by atoms with Gasteiger partial charge in [-0.1, -0.05) is 54.9 Å². The molecule has 0 aromatic carbocycles. The summed E-state index contributed by atoms with van der Waals surface area (Å²) in [6.45, 7) is 17.7. The third-order valence-electron chi connectivity index (χ3n) is 8.45. The van der Waals surface area contributed by atoms with E-state index in [1.807, 2.05) is 0 Å². The summed E-state index contributed by atoms with van der Waals surface area (Å²) < 4.78 is 0. The Hall–Kier alpha value is 0. The molecule has 4 saturated carbocycles. The molecule has 4 fully saturated rings. The van der Waals surface area contributed by atoms with Crippen LogP contribution in [0.1, 0.15) is 67.7 Å². The topological polar surface area (TPSA) is 0 Å². The Morgan fingerprint density at radius 3 is 2.24 bits per heavy atom. The number of hydrogen-bond donors (Lipinski definition) is 0. The van der Waals surface area contributed by atoms with E-state index in [2.05, 4.69) is 48.5 Å². The number of rotatable bonds is 2. The van der Waals surface area contributed by atoms with Crippen molar-refractivity contribution in [1.82, 2.24) is 0 Å². The Morgan fingerprint density at radius 1 is 1.18 bits per heavy atom. The fourth-order valence-electron chi connectivity index (χ4n) is 7.53. The minimum Gasteiger partial charge on any atom is -0.0651 e. The molecule has 98 valence electrons. The van der Waals surface area contributed by atoms with Crippen molar-refractivity contribution < 1.29 is 0 Å². The molecular weight excluding hydrogens is 204 g/mol. The van der Waals surface area contributed by atoms with Crippen LogP contribution in [0.3, 0.4) is 0 Å². The Balaban J connectivity index is 2.05. The van der Waals surface area contributed by atoms with Crippen molar-refractivity contribution in [2.45, 2.75) is 67.7 Å². The Bertz CT molecular complexity index is 364. The SMILES string of the molecule is CCC(C)C1C(C)(C)C2(C)C3(C)CC12CC3C. The van der Waals surface area contributed by atoms with Crippen LogP contribution in [0.2, 0.25) is 0 Å². The molecule has 17 heavy (non-hydrogen) atoms. The highest BCUT2D eigenvalue weighted by Crippen LogP contribution is 2.95. The molecule has 0 nitrogen and oxygen atoms in total. The largest absolute Gasteiger partial charge is 0.0651 e. The average molecular weight is 234 g/mol. The lowest BCUT2D eigenvalue weighted by atomic mass is 9.19. The summed E-state index contributed by atoms with van der Waals surface area (Å²) in [5.74, 6) is 2.83. The smallest absolute Gasteiger partial charge is 0.0155 e. The molecule has 0 heterocycles. The van der Waals surface area contributed by atoms with E-state index in [4.69, 9.17) is 0 Å². The zero-order valence-electron chi connectivity index (χ0n) is 12.9. The summed E-state index contributed by atoms with van der Waals surface area (Å²) in [6.07, 6.45) is 4.39. The van der Waals surface area contributed by atoms with E-state index in [0.29, 0.717) is 16.2 Å². The van der Waals surface area contributed by atoms with Crippen LogP contribution in [0.4, 0.5) is 0 Å². The molecule has 0 aliphatic heterocycles. The molecule has 0 radical (unpaired) electrons. The van der Waals surface area contributed by atoms with Gasteiger partial charge >= 0.3 is 0 Å². The Kier molecular flexibility index (Phi) is 1.97. The maximum Gasteiger partial charge on any atom is -0.0155 e. The number of fused-ring (bicyclic) bond motifs is 1. The first-order chi connectivity index (χ1) is 7.69. The predicted octanol–water partition coefficient (Wildman–Crippen LogP) is 5.13. The molecule has 0 amide bonds. The molecule has 0 saturated heterocycles. The van der Waals surface area contributed by atoms with Gasteiger partial charge < -0.3 is 0 Å². The molecule has 4 rings (SSSR count). The van der Waals surface area contributed by atoms with Gasteiger partial charge in [0.25, 0.3) is 0 Å². The zero-order valence-corrected chi connectivity index (χ0v) is 12.9. The van der Waals surface area contributed by atoms with E-state index < -0.39 is 0 Å². The van der Waals surface area contributed by atoms with E-state index in [9.17, 15) is 0 Å². The van der Waals surface area contributed by atoms with E-state index in [0.717, 1.165) is 23.2 Å². The fraction of sp³-hybridized carbons (Fsp3) is 1.00. The van der Waals surface area contributed by atoms with Crippen LogP contribution in [-0.4, -0.2) is 0 Å². The molecule has 6 unspecified atom stereocenters. The second kappa shape index (κ2) is 2.78. The molecule has 1 spiro atoms. The van der Waals surface area contributed by atoms with Gasteiger partial charge in [-0.3, -0.25) is 0 Å². The predicted molar refractivity (Wildman–Crippen MR) is 73.8 cm³/mol. The van der Waals surface area contributed by atoms with Gasteiger partial charge in [0.2, 0.25) is 0 Å². The van der Waals surface area contributed by atoms with Crippen molar-refractivity contribution in [2.24, 2.45) is 39.4 Å². The van der Waals surface area contributed by atoms with Crippen LogP contribution in [0.5, 0.6) is 0 Å². The van der Waals surface area contributed by atoms with E-state index in [1.54, 1.807) is 0 Å². The summed E-state index contributed by atoms with van der Waals surface area (Å²) in [6, 6.07) is 0. The van der Waals surface area contributed by atoms with Crippen LogP contribution in [-0.2, 0) is 0 Å². The molecule has 4 aliphatic carbocycles. The molecule has 0 aromatic rings. The molecule has 0 N–H and O–H groups in total. The van der Waals surface area contributed by atoms with Gasteiger partial charge in [0.1, 0.15) is 0 Å². The Morgan fingerprint density at radius 2 is 1.76 bits per heavy atom. The molecule has 2 bridgehead atoms. The van der Waals surface area contributed by atoms with Gasteiger partial charge in [0, 0.05) is 0 Å². The van der Waals surface area contributed by atoms with Crippen LogP contribution in [0.15, 0.2) is 0 Å². The summed E-state index contributed by atoms with van der Waals surface area (Å²) >= 11 is 0.